The van der Waals surface area contributed by atoms with Crippen LogP contribution in [0.5, 0.6) is 0 Å². The number of nitrogens with zero attached hydrogens (tertiary/aromatic N) is 2. The number of aromatic nitrogens is 2. The van der Waals surface area contributed by atoms with Gasteiger partial charge in [-0.1, -0.05) is 0 Å². The number of hydrogen-bond donors (Lipinski definition) is 1. The van der Waals surface area contributed by atoms with E-state index in [2.05, 4.69) is 4.98 Å². The SMILES string of the molecule is CC(=O)C(C)=C(O)c1ccn2ccnc2c1. The van der Waals surface area contributed by atoms with E-state index in [4.69, 9.17) is 0 Å². The lowest BCUT2D eigenvalue weighted by Crippen LogP contribution is -1.98. The van der Waals surface area contributed by atoms with Gasteiger partial charge in [0.05, 0.1) is 0 Å². The molecule has 0 aliphatic rings. The van der Waals surface area contributed by atoms with E-state index in [9.17, 15) is 9.90 Å². The molecule has 0 aliphatic carbocycles. The minimum Gasteiger partial charge on any atom is -0.507 e. The molecular weight excluding hydrogens is 204 g/mol. The first kappa shape index (κ1) is 10.4. The van der Waals surface area contributed by atoms with E-state index in [1.54, 1.807) is 31.5 Å². The van der Waals surface area contributed by atoms with Crippen molar-refractivity contribution in [2.24, 2.45) is 0 Å². The molecule has 0 spiro atoms. The van der Waals surface area contributed by atoms with Gasteiger partial charge in [0.25, 0.3) is 0 Å². The smallest absolute Gasteiger partial charge is 0.159 e. The molecule has 2 heterocycles. The lowest BCUT2D eigenvalue weighted by Gasteiger charge is -2.04. The van der Waals surface area contributed by atoms with E-state index in [0.29, 0.717) is 11.1 Å². The summed E-state index contributed by atoms with van der Waals surface area (Å²) in [6.45, 7) is 3.03. The van der Waals surface area contributed by atoms with Crippen LogP contribution in [-0.4, -0.2) is 20.3 Å². The Kier molecular flexibility index (Phi) is 2.48. The summed E-state index contributed by atoms with van der Waals surface area (Å²) in [5, 5.41) is 9.88. The number of ketones is 1. The summed E-state index contributed by atoms with van der Waals surface area (Å²) in [4.78, 5) is 15.2. The highest BCUT2D eigenvalue weighted by Gasteiger charge is 2.08. The molecule has 0 saturated carbocycles. The van der Waals surface area contributed by atoms with Crippen molar-refractivity contribution < 1.29 is 9.90 Å². The van der Waals surface area contributed by atoms with E-state index in [-0.39, 0.29) is 11.5 Å². The molecule has 0 aromatic carbocycles. The summed E-state index contributed by atoms with van der Waals surface area (Å²) in [6.07, 6.45) is 5.29. The lowest BCUT2D eigenvalue weighted by molar-refractivity contribution is -0.113. The van der Waals surface area contributed by atoms with Crippen molar-refractivity contribution in [1.82, 2.24) is 9.38 Å². The molecule has 2 rings (SSSR count). The van der Waals surface area contributed by atoms with Gasteiger partial charge >= 0.3 is 0 Å². The average molecular weight is 216 g/mol. The van der Waals surface area contributed by atoms with Crippen molar-refractivity contribution in [3.8, 4) is 0 Å². The van der Waals surface area contributed by atoms with Crippen LogP contribution in [0.3, 0.4) is 0 Å². The average Bonchev–Trinajstić information content (AvgIpc) is 2.73. The van der Waals surface area contributed by atoms with Crippen LogP contribution in [-0.2, 0) is 4.79 Å². The Balaban J connectivity index is 2.55. The van der Waals surface area contributed by atoms with E-state index >= 15 is 0 Å². The molecular formula is C12H12N2O2. The third-order valence-electron chi connectivity index (χ3n) is 2.55. The van der Waals surface area contributed by atoms with Crippen LogP contribution in [0.4, 0.5) is 0 Å². The number of imidazole rings is 1. The van der Waals surface area contributed by atoms with Crippen LogP contribution in [0.1, 0.15) is 19.4 Å². The van der Waals surface area contributed by atoms with Crippen LogP contribution < -0.4 is 0 Å². The van der Waals surface area contributed by atoms with Gasteiger partial charge in [0.2, 0.25) is 0 Å². The number of aliphatic hydroxyl groups is 1. The maximum absolute atomic E-state index is 11.1. The van der Waals surface area contributed by atoms with Gasteiger partial charge in [0.1, 0.15) is 11.4 Å². The first-order valence-corrected chi connectivity index (χ1v) is 4.93. The van der Waals surface area contributed by atoms with Crippen LogP contribution >= 0.6 is 0 Å². The molecule has 16 heavy (non-hydrogen) atoms. The monoisotopic (exact) mass is 216 g/mol. The minimum atomic E-state index is -0.138. The summed E-state index contributed by atoms with van der Waals surface area (Å²) in [6, 6.07) is 3.48. The first-order valence-electron chi connectivity index (χ1n) is 4.93. The molecule has 2 aromatic heterocycles. The van der Waals surface area contributed by atoms with Crippen molar-refractivity contribution in [1.29, 1.82) is 0 Å². The van der Waals surface area contributed by atoms with E-state index in [1.165, 1.54) is 6.92 Å². The number of aliphatic hydroxyl groups excluding tert-OH is 1. The Hall–Kier alpha value is -2.10. The summed E-state index contributed by atoms with van der Waals surface area (Å²) < 4.78 is 1.83. The maximum atomic E-state index is 11.1. The van der Waals surface area contributed by atoms with Gasteiger partial charge in [-0.2, -0.15) is 0 Å². The van der Waals surface area contributed by atoms with Crippen molar-refractivity contribution in [3.63, 3.8) is 0 Å². The minimum absolute atomic E-state index is 0.0120. The van der Waals surface area contributed by atoms with Gasteiger partial charge in [-0.15, -0.1) is 0 Å². The Morgan fingerprint density at radius 3 is 2.81 bits per heavy atom. The Morgan fingerprint density at radius 1 is 1.38 bits per heavy atom. The van der Waals surface area contributed by atoms with Gasteiger partial charge in [-0.05, 0) is 26.0 Å². The van der Waals surface area contributed by atoms with Gasteiger partial charge in [-0.3, -0.25) is 4.79 Å². The number of hydrogen-bond acceptors (Lipinski definition) is 3. The highest BCUT2D eigenvalue weighted by molar-refractivity contribution is 5.99. The van der Waals surface area contributed by atoms with Crippen molar-refractivity contribution in [2.75, 3.05) is 0 Å². The highest BCUT2D eigenvalue weighted by atomic mass is 16.3. The van der Waals surface area contributed by atoms with Crippen LogP contribution in [0.25, 0.3) is 11.4 Å². The standard InChI is InChI=1S/C12H12N2O2/c1-8(9(2)15)12(16)10-3-5-14-6-4-13-11(14)7-10/h3-7,16H,1-2H3. The predicted molar refractivity (Wildman–Crippen MR) is 61.1 cm³/mol. The molecule has 4 heteroatoms. The normalized spacial score (nSPS) is 12.6. The quantitative estimate of drug-likeness (QED) is 0.618. The number of allylic oxidation sites excluding steroid dienone is 1. The Bertz CT molecular complexity index is 581. The molecule has 0 radical (unpaired) electrons. The fraction of sp³-hybridized carbons (Fsp3) is 0.167. The number of fused-ring (bicyclic) bond motifs is 1. The van der Waals surface area contributed by atoms with E-state index in [1.807, 2.05) is 10.6 Å². The summed E-state index contributed by atoms with van der Waals surface area (Å²) >= 11 is 0. The number of rotatable bonds is 2. The van der Waals surface area contributed by atoms with E-state index < -0.39 is 0 Å². The molecule has 0 bridgehead atoms. The van der Waals surface area contributed by atoms with Gasteiger partial charge in [0, 0.05) is 29.7 Å². The van der Waals surface area contributed by atoms with Crippen LogP contribution in [0.2, 0.25) is 0 Å². The molecule has 0 aliphatic heterocycles. The second kappa shape index (κ2) is 3.81. The van der Waals surface area contributed by atoms with Crippen molar-refractivity contribution in [3.05, 3.63) is 41.9 Å². The zero-order valence-electron chi connectivity index (χ0n) is 9.14. The first-order chi connectivity index (χ1) is 7.59. The van der Waals surface area contributed by atoms with Gasteiger partial charge in [0.15, 0.2) is 5.78 Å². The fourth-order valence-corrected chi connectivity index (χ4v) is 1.44. The van der Waals surface area contributed by atoms with E-state index in [0.717, 1.165) is 5.65 Å². The zero-order chi connectivity index (χ0) is 11.7. The lowest BCUT2D eigenvalue weighted by atomic mass is 10.1. The number of Topliss-reactive ketones (excluding diaryl/α,β-unsaturated/α-hetero) is 1. The topological polar surface area (TPSA) is 54.6 Å². The van der Waals surface area contributed by atoms with Crippen molar-refractivity contribution >= 4 is 17.2 Å². The largest absolute Gasteiger partial charge is 0.507 e. The van der Waals surface area contributed by atoms with Gasteiger partial charge in [-0.25, -0.2) is 4.98 Å². The second-order valence-electron chi connectivity index (χ2n) is 3.64. The molecule has 0 atom stereocenters. The second-order valence-corrected chi connectivity index (χ2v) is 3.64. The molecule has 1 N–H and O–H groups in total. The predicted octanol–water partition coefficient (Wildman–Crippen LogP) is 2.21. The van der Waals surface area contributed by atoms with Crippen LogP contribution in [0.15, 0.2) is 36.3 Å². The summed E-state index contributed by atoms with van der Waals surface area (Å²) in [5.41, 5.74) is 1.70. The number of carbonyl (C=O) groups excluding carboxylic acids is 1. The third-order valence-corrected chi connectivity index (χ3v) is 2.55. The molecule has 0 saturated heterocycles. The summed E-state index contributed by atoms with van der Waals surface area (Å²) in [7, 11) is 0. The molecule has 82 valence electrons. The molecule has 0 unspecified atom stereocenters. The molecule has 0 fully saturated rings. The molecule has 0 amide bonds. The third kappa shape index (κ3) is 1.69. The maximum Gasteiger partial charge on any atom is 0.159 e. The molecule has 2 aromatic rings. The fourth-order valence-electron chi connectivity index (χ4n) is 1.44. The molecule has 4 nitrogen and oxygen atoms in total. The number of carbonyl (C=O) groups is 1. The Labute approximate surface area is 92.9 Å². The summed E-state index contributed by atoms with van der Waals surface area (Å²) in [5.74, 6) is -0.126. The number of pyridine rings is 1. The zero-order valence-corrected chi connectivity index (χ0v) is 9.14. The van der Waals surface area contributed by atoms with Crippen molar-refractivity contribution in [2.45, 2.75) is 13.8 Å². The van der Waals surface area contributed by atoms with Crippen LogP contribution in [0, 0.1) is 0 Å². The Morgan fingerprint density at radius 2 is 2.12 bits per heavy atom. The van der Waals surface area contributed by atoms with Gasteiger partial charge < -0.3 is 9.51 Å². The highest BCUT2D eigenvalue weighted by Crippen LogP contribution is 2.17.